The fraction of sp³-hybridized carbons (Fsp3) is 0.481. The van der Waals surface area contributed by atoms with E-state index in [0.717, 1.165) is 24.0 Å². The lowest BCUT2D eigenvalue weighted by Crippen LogP contribution is -2.48. The van der Waals surface area contributed by atoms with Crippen molar-refractivity contribution in [1.82, 2.24) is 10.3 Å². The predicted octanol–water partition coefficient (Wildman–Crippen LogP) is 5.69. The van der Waals surface area contributed by atoms with Crippen molar-refractivity contribution < 1.29 is 23.9 Å². The normalized spacial score (nSPS) is 17.4. The second kappa shape index (κ2) is 12.3. The highest BCUT2D eigenvalue weighted by molar-refractivity contribution is 7.14. The van der Waals surface area contributed by atoms with Gasteiger partial charge in [-0.2, -0.15) is 0 Å². The second-order valence-corrected chi connectivity index (χ2v) is 10.5. The monoisotopic (exact) mass is 513 g/mol. The van der Waals surface area contributed by atoms with Crippen molar-refractivity contribution >= 4 is 40.3 Å². The number of thiazole rings is 1. The van der Waals surface area contributed by atoms with Crippen molar-refractivity contribution in [3.8, 4) is 11.3 Å². The number of aromatic nitrogens is 1. The quantitative estimate of drug-likeness (QED) is 0.469. The molecule has 2 amide bonds. The van der Waals surface area contributed by atoms with E-state index in [-0.39, 0.29) is 12.4 Å². The number of nitrogens with one attached hydrogen (secondary N) is 2. The van der Waals surface area contributed by atoms with Crippen LogP contribution in [0.1, 0.15) is 69.8 Å². The van der Waals surface area contributed by atoms with Crippen LogP contribution >= 0.6 is 11.3 Å². The first-order valence-electron chi connectivity index (χ1n) is 12.3. The third kappa shape index (κ3) is 7.73. The summed E-state index contributed by atoms with van der Waals surface area (Å²) in [5.41, 5.74) is 2.37. The number of nitrogens with zero attached hydrogens (tertiary/aromatic N) is 1. The number of amides is 2. The zero-order valence-corrected chi connectivity index (χ0v) is 22.4. The molecule has 1 heterocycles. The molecule has 3 rings (SSSR count). The molecule has 1 aromatic heterocycles. The molecule has 0 spiro atoms. The SMILES string of the molecule is CCOC[C@H](NC(=O)OC(C)(C)C)C(=O)Nc1nc(-c2ccc3c(c2)C(=O)CCC(CC)/C=C\3)cs1. The van der Waals surface area contributed by atoms with Crippen LogP contribution in [0.5, 0.6) is 0 Å². The first-order chi connectivity index (χ1) is 17.1. The number of hydrogen-bond donors (Lipinski definition) is 2. The van der Waals surface area contributed by atoms with E-state index in [1.807, 2.05) is 29.7 Å². The summed E-state index contributed by atoms with van der Waals surface area (Å²) >= 11 is 1.27. The highest BCUT2D eigenvalue weighted by Gasteiger charge is 2.25. The Hall–Kier alpha value is -3.04. The number of Topliss-reactive ketones (excluding diaryl/α,β-unsaturated/α-hetero) is 1. The average molecular weight is 514 g/mol. The van der Waals surface area contributed by atoms with E-state index in [0.29, 0.717) is 35.3 Å². The van der Waals surface area contributed by atoms with Gasteiger partial charge in [-0.15, -0.1) is 11.3 Å². The van der Waals surface area contributed by atoms with Gasteiger partial charge in [0.15, 0.2) is 10.9 Å². The third-order valence-corrected chi connectivity index (χ3v) is 6.45. The molecule has 0 saturated heterocycles. The summed E-state index contributed by atoms with van der Waals surface area (Å²) < 4.78 is 10.6. The van der Waals surface area contributed by atoms with Crippen molar-refractivity contribution in [1.29, 1.82) is 0 Å². The number of hydrogen-bond acceptors (Lipinski definition) is 7. The molecule has 9 heteroatoms. The van der Waals surface area contributed by atoms with E-state index in [4.69, 9.17) is 9.47 Å². The van der Waals surface area contributed by atoms with Gasteiger partial charge in [-0.1, -0.05) is 31.2 Å². The van der Waals surface area contributed by atoms with E-state index < -0.39 is 23.6 Å². The molecule has 1 aliphatic rings. The van der Waals surface area contributed by atoms with Gasteiger partial charge in [0.2, 0.25) is 0 Å². The number of rotatable bonds is 8. The number of anilines is 1. The van der Waals surface area contributed by atoms with Gasteiger partial charge in [-0.25, -0.2) is 9.78 Å². The number of carbonyl (C=O) groups excluding carboxylic acids is 3. The topological polar surface area (TPSA) is 107 Å². The van der Waals surface area contributed by atoms with E-state index in [1.54, 1.807) is 27.7 Å². The van der Waals surface area contributed by atoms with Gasteiger partial charge >= 0.3 is 6.09 Å². The van der Waals surface area contributed by atoms with Gasteiger partial charge in [0.25, 0.3) is 5.91 Å². The molecule has 0 bridgehead atoms. The van der Waals surface area contributed by atoms with Crippen LogP contribution < -0.4 is 10.6 Å². The minimum Gasteiger partial charge on any atom is -0.444 e. The maximum absolute atomic E-state index is 12.9. The van der Waals surface area contributed by atoms with E-state index in [2.05, 4.69) is 28.6 Å². The molecule has 0 aliphatic heterocycles. The summed E-state index contributed by atoms with van der Waals surface area (Å²) in [5, 5.41) is 7.52. The fourth-order valence-electron chi connectivity index (χ4n) is 3.75. The zero-order valence-electron chi connectivity index (χ0n) is 21.6. The van der Waals surface area contributed by atoms with Crippen LogP contribution in [-0.4, -0.2) is 47.6 Å². The Labute approximate surface area is 216 Å². The summed E-state index contributed by atoms with van der Waals surface area (Å²) in [4.78, 5) is 42.4. The fourth-order valence-corrected chi connectivity index (χ4v) is 4.48. The lowest BCUT2D eigenvalue weighted by molar-refractivity contribution is -0.119. The van der Waals surface area contributed by atoms with Crippen LogP contribution in [0, 0.1) is 5.92 Å². The number of alkyl carbamates (subject to hydrolysis) is 1. The van der Waals surface area contributed by atoms with Gasteiger partial charge in [-0.3, -0.25) is 9.59 Å². The Morgan fingerprint density at radius 1 is 1.25 bits per heavy atom. The maximum Gasteiger partial charge on any atom is 0.408 e. The molecule has 2 atom stereocenters. The Morgan fingerprint density at radius 2 is 2.03 bits per heavy atom. The van der Waals surface area contributed by atoms with E-state index in [1.165, 1.54) is 11.3 Å². The van der Waals surface area contributed by atoms with Crippen LogP contribution in [0.25, 0.3) is 17.3 Å². The van der Waals surface area contributed by atoms with Crippen LogP contribution in [-0.2, 0) is 14.3 Å². The van der Waals surface area contributed by atoms with Gasteiger partial charge in [0, 0.05) is 29.5 Å². The number of allylic oxidation sites excluding steroid dienone is 1. The Morgan fingerprint density at radius 3 is 2.72 bits per heavy atom. The number of carbonyl (C=O) groups is 3. The summed E-state index contributed by atoms with van der Waals surface area (Å²) in [6.07, 6.45) is 5.90. The molecule has 1 aliphatic carbocycles. The average Bonchev–Trinajstić information content (AvgIpc) is 3.27. The van der Waals surface area contributed by atoms with E-state index in [9.17, 15) is 14.4 Å². The van der Waals surface area contributed by atoms with Gasteiger partial charge in [0.1, 0.15) is 11.6 Å². The summed E-state index contributed by atoms with van der Waals surface area (Å²) in [7, 11) is 0. The van der Waals surface area contributed by atoms with E-state index >= 15 is 0 Å². The largest absolute Gasteiger partial charge is 0.444 e. The molecule has 0 radical (unpaired) electrons. The molecule has 2 N–H and O–H groups in total. The smallest absolute Gasteiger partial charge is 0.408 e. The van der Waals surface area contributed by atoms with Crippen molar-refractivity contribution in [2.75, 3.05) is 18.5 Å². The molecule has 36 heavy (non-hydrogen) atoms. The first-order valence-corrected chi connectivity index (χ1v) is 13.2. The van der Waals surface area contributed by atoms with Crippen molar-refractivity contribution in [3.63, 3.8) is 0 Å². The van der Waals surface area contributed by atoms with Gasteiger partial charge in [0.05, 0.1) is 12.3 Å². The van der Waals surface area contributed by atoms with Crippen molar-refractivity contribution in [2.24, 2.45) is 5.92 Å². The molecule has 1 unspecified atom stereocenters. The van der Waals surface area contributed by atoms with Crippen molar-refractivity contribution in [2.45, 2.75) is 65.5 Å². The molecule has 8 nitrogen and oxygen atoms in total. The standard InChI is InChI=1S/C27H35N3O5S/c1-6-17-8-10-18-11-12-19(14-20(18)23(31)13-9-17)22-16-36-25(28-22)30-24(32)21(15-34-7-2)29-26(33)35-27(3,4)5/h8,10-12,14,16-17,21H,6-7,9,13,15H2,1-5H3,(H,29,33)(H,28,30,32)/b10-8-/t17?,21-/m0/s1. The number of ether oxygens (including phenoxy) is 2. The minimum atomic E-state index is -0.945. The molecular formula is C27H35N3O5S. The minimum absolute atomic E-state index is 0.000845. The lowest BCUT2D eigenvalue weighted by Gasteiger charge is -2.23. The van der Waals surface area contributed by atoms with Crippen molar-refractivity contribution in [3.05, 3.63) is 40.8 Å². The highest BCUT2D eigenvalue weighted by Crippen LogP contribution is 2.30. The van der Waals surface area contributed by atoms with Gasteiger partial charge < -0.3 is 20.1 Å². The molecule has 0 fully saturated rings. The number of benzene rings is 1. The summed E-state index contributed by atoms with van der Waals surface area (Å²) in [6.45, 7) is 9.58. The molecule has 1 aromatic carbocycles. The Bertz CT molecular complexity index is 1120. The van der Waals surface area contributed by atoms with Crippen LogP contribution in [0.4, 0.5) is 9.93 Å². The first kappa shape index (κ1) is 27.5. The molecule has 194 valence electrons. The highest BCUT2D eigenvalue weighted by atomic mass is 32.1. The number of fused-ring (bicyclic) bond motifs is 1. The van der Waals surface area contributed by atoms with Crippen LogP contribution in [0.3, 0.4) is 0 Å². The molecular weight excluding hydrogens is 478 g/mol. The van der Waals surface area contributed by atoms with Crippen LogP contribution in [0.15, 0.2) is 29.7 Å². The maximum atomic E-state index is 12.9. The summed E-state index contributed by atoms with van der Waals surface area (Å²) in [6, 6.07) is 4.80. The predicted molar refractivity (Wildman–Crippen MR) is 142 cm³/mol. The number of ketones is 1. The molecule has 0 saturated carbocycles. The third-order valence-electron chi connectivity index (χ3n) is 5.69. The Kier molecular flexibility index (Phi) is 9.39. The Balaban J connectivity index is 1.74. The lowest BCUT2D eigenvalue weighted by atomic mass is 9.89. The summed E-state index contributed by atoms with van der Waals surface area (Å²) in [5.74, 6) is 0.0902. The van der Waals surface area contributed by atoms with Crippen LogP contribution in [0.2, 0.25) is 0 Å². The van der Waals surface area contributed by atoms with Gasteiger partial charge in [-0.05, 0) is 58.1 Å². The molecule has 2 aromatic rings. The zero-order chi connectivity index (χ0) is 26.3. The second-order valence-electron chi connectivity index (χ2n) is 9.68.